The molecule has 1 aromatic heterocycles. The predicted octanol–water partition coefficient (Wildman–Crippen LogP) is 3.54. The lowest BCUT2D eigenvalue weighted by molar-refractivity contribution is 0.429. The summed E-state index contributed by atoms with van der Waals surface area (Å²) in [7, 11) is 0. The van der Waals surface area contributed by atoms with Crippen molar-refractivity contribution in [2.75, 3.05) is 6.54 Å². The third kappa shape index (κ3) is 2.54. The molecule has 1 aliphatic carbocycles. The van der Waals surface area contributed by atoms with Gasteiger partial charge in [-0.05, 0) is 32.2 Å². The Morgan fingerprint density at radius 1 is 1.06 bits per heavy atom. The monoisotopic (exact) mass is 234 g/mol. The number of rotatable bonds is 2. The SMILES string of the molecule is c1oc(C2CCCN2)nc1C1CCCCCC1. The maximum Gasteiger partial charge on any atom is 0.211 e. The zero-order chi connectivity index (χ0) is 11.5. The van der Waals surface area contributed by atoms with Gasteiger partial charge in [-0.15, -0.1) is 0 Å². The van der Waals surface area contributed by atoms with Crippen molar-refractivity contribution in [3.63, 3.8) is 0 Å². The third-order valence-corrected chi connectivity index (χ3v) is 4.17. The van der Waals surface area contributed by atoms with Crippen LogP contribution in [-0.4, -0.2) is 11.5 Å². The van der Waals surface area contributed by atoms with Gasteiger partial charge in [0.15, 0.2) is 0 Å². The van der Waals surface area contributed by atoms with Crippen LogP contribution in [0, 0.1) is 0 Å². The molecule has 3 rings (SSSR count). The minimum absolute atomic E-state index is 0.370. The Morgan fingerprint density at radius 3 is 2.59 bits per heavy atom. The molecule has 3 heteroatoms. The number of nitrogens with zero attached hydrogens (tertiary/aromatic N) is 1. The van der Waals surface area contributed by atoms with E-state index in [1.807, 2.05) is 6.26 Å². The van der Waals surface area contributed by atoms with E-state index in [2.05, 4.69) is 5.32 Å². The molecule has 1 saturated carbocycles. The van der Waals surface area contributed by atoms with Crippen LogP contribution < -0.4 is 5.32 Å². The summed E-state index contributed by atoms with van der Waals surface area (Å²) < 4.78 is 5.67. The molecule has 2 fully saturated rings. The number of hydrogen-bond donors (Lipinski definition) is 1. The van der Waals surface area contributed by atoms with Crippen molar-refractivity contribution in [1.29, 1.82) is 0 Å². The molecule has 1 unspecified atom stereocenters. The summed E-state index contributed by atoms with van der Waals surface area (Å²) in [5, 5.41) is 3.45. The molecule has 17 heavy (non-hydrogen) atoms. The minimum Gasteiger partial charge on any atom is -0.447 e. The molecule has 0 radical (unpaired) electrons. The van der Waals surface area contributed by atoms with Crippen molar-refractivity contribution in [2.45, 2.75) is 63.3 Å². The van der Waals surface area contributed by atoms with Crippen molar-refractivity contribution >= 4 is 0 Å². The number of oxazole rings is 1. The van der Waals surface area contributed by atoms with Crippen molar-refractivity contribution in [3.05, 3.63) is 17.8 Å². The lowest BCUT2D eigenvalue weighted by Gasteiger charge is -2.09. The molecule has 2 aliphatic rings. The van der Waals surface area contributed by atoms with Gasteiger partial charge in [-0.1, -0.05) is 25.7 Å². The maximum absolute atomic E-state index is 5.67. The molecule has 94 valence electrons. The quantitative estimate of drug-likeness (QED) is 0.795. The molecule has 0 spiro atoms. The molecule has 0 bridgehead atoms. The fourth-order valence-corrected chi connectivity index (χ4v) is 3.12. The van der Waals surface area contributed by atoms with Crippen LogP contribution in [0.3, 0.4) is 0 Å². The molecule has 0 aromatic carbocycles. The van der Waals surface area contributed by atoms with Gasteiger partial charge in [0.05, 0.1) is 11.7 Å². The molecule has 0 amide bonds. The highest BCUT2D eigenvalue weighted by molar-refractivity contribution is 5.07. The van der Waals surface area contributed by atoms with Crippen LogP contribution >= 0.6 is 0 Å². The second kappa shape index (κ2) is 5.21. The molecular weight excluding hydrogens is 212 g/mol. The van der Waals surface area contributed by atoms with Crippen LogP contribution in [0.5, 0.6) is 0 Å². The molecule has 1 atom stereocenters. The highest BCUT2D eigenvalue weighted by Gasteiger charge is 2.23. The van der Waals surface area contributed by atoms with E-state index >= 15 is 0 Å². The first kappa shape index (κ1) is 11.3. The van der Waals surface area contributed by atoms with Crippen LogP contribution in [-0.2, 0) is 0 Å². The van der Waals surface area contributed by atoms with E-state index in [9.17, 15) is 0 Å². The van der Waals surface area contributed by atoms with E-state index in [0.29, 0.717) is 12.0 Å². The summed E-state index contributed by atoms with van der Waals surface area (Å²) in [6, 6.07) is 0.370. The van der Waals surface area contributed by atoms with Crippen molar-refractivity contribution in [1.82, 2.24) is 10.3 Å². The Hall–Kier alpha value is -0.830. The summed E-state index contributed by atoms with van der Waals surface area (Å²) in [4.78, 5) is 4.73. The Kier molecular flexibility index (Phi) is 3.46. The Balaban J connectivity index is 1.70. The first-order valence-corrected chi connectivity index (χ1v) is 7.12. The lowest BCUT2D eigenvalue weighted by Crippen LogP contribution is -2.13. The molecule has 2 heterocycles. The highest BCUT2D eigenvalue weighted by Crippen LogP contribution is 2.32. The van der Waals surface area contributed by atoms with E-state index in [4.69, 9.17) is 9.40 Å². The van der Waals surface area contributed by atoms with Crippen molar-refractivity contribution in [2.24, 2.45) is 0 Å². The highest BCUT2D eigenvalue weighted by atomic mass is 16.3. The van der Waals surface area contributed by atoms with E-state index in [1.54, 1.807) is 0 Å². The first-order valence-electron chi connectivity index (χ1n) is 7.12. The Labute approximate surface area is 103 Å². The van der Waals surface area contributed by atoms with Gasteiger partial charge < -0.3 is 9.73 Å². The van der Waals surface area contributed by atoms with Crippen LogP contribution in [0.1, 0.15) is 74.9 Å². The van der Waals surface area contributed by atoms with E-state index in [-0.39, 0.29) is 0 Å². The zero-order valence-corrected chi connectivity index (χ0v) is 10.5. The number of nitrogens with one attached hydrogen (secondary N) is 1. The average Bonchev–Trinajstić information content (AvgIpc) is 2.95. The van der Waals surface area contributed by atoms with Gasteiger partial charge in [-0.2, -0.15) is 0 Å². The Bertz CT molecular complexity index is 347. The van der Waals surface area contributed by atoms with Gasteiger partial charge in [0.25, 0.3) is 0 Å². The van der Waals surface area contributed by atoms with Gasteiger partial charge in [0.1, 0.15) is 6.26 Å². The first-order chi connectivity index (χ1) is 8.43. The predicted molar refractivity (Wildman–Crippen MR) is 66.9 cm³/mol. The largest absolute Gasteiger partial charge is 0.447 e. The third-order valence-electron chi connectivity index (χ3n) is 4.17. The Morgan fingerprint density at radius 2 is 1.88 bits per heavy atom. The fourth-order valence-electron chi connectivity index (χ4n) is 3.12. The molecule has 1 saturated heterocycles. The smallest absolute Gasteiger partial charge is 0.211 e. The van der Waals surface area contributed by atoms with Gasteiger partial charge >= 0.3 is 0 Å². The zero-order valence-electron chi connectivity index (χ0n) is 10.5. The minimum atomic E-state index is 0.370. The van der Waals surface area contributed by atoms with Gasteiger partial charge in [-0.25, -0.2) is 4.98 Å². The molecular formula is C14H22N2O. The summed E-state index contributed by atoms with van der Waals surface area (Å²) in [5.41, 5.74) is 1.20. The van der Waals surface area contributed by atoms with E-state index in [1.165, 1.54) is 57.1 Å². The van der Waals surface area contributed by atoms with Crippen molar-refractivity contribution in [3.8, 4) is 0 Å². The molecule has 1 N–H and O–H groups in total. The van der Waals surface area contributed by atoms with Crippen LogP contribution in [0.15, 0.2) is 10.7 Å². The second-order valence-electron chi connectivity index (χ2n) is 5.45. The van der Waals surface area contributed by atoms with E-state index in [0.717, 1.165) is 12.4 Å². The van der Waals surface area contributed by atoms with Crippen LogP contribution in [0.25, 0.3) is 0 Å². The number of hydrogen-bond acceptors (Lipinski definition) is 3. The van der Waals surface area contributed by atoms with Gasteiger partial charge in [0, 0.05) is 5.92 Å². The van der Waals surface area contributed by atoms with Crippen molar-refractivity contribution < 1.29 is 4.42 Å². The number of aromatic nitrogens is 1. The van der Waals surface area contributed by atoms with Crippen LogP contribution in [0.2, 0.25) is 0 Å². The summed E-state index contributed by atoms with van der Waals surface area (Å²) in [5.74, 6) is 1.57. The lowest BCUT2D eigenvalue weighted by atomic mass is 9.97. The van der Waals surface area contributed by atoms with Gasteiger partial charge in [0.2, 0.25) is 5.89 Å². The standard InChI is InChI=1S/C14H22N2O/c1-2-4-7-11(6-3-1)13-10-17-14(16-13)12-8-5-9-15-12/h10-12,15H,1-9H2. The fraction of sp³-hybridized carbons (Fsp3) is 0.786. The second-order valence-corrected chi connectivity index (χ2v) is 5.45. The van der Waals surface area contributed by atoms with E-state index < -0.39 is 0 Å². The summed E-state index contributed by atoms with van der Waals surface area (Å²) in [6.07, 6.45) is 12.4. The normalized spacial score (nSPS) is 27.2. The topological polar surface area (TPSA) is 38.1 Å². The molecule has 1 aliphatic heterocycles. The van der Waals surface area contributed by atoms with Crippen LogP contribution in [0.4, 0.5) is 0 Å². The van der Waals surface area contributed by atoms with Gasteiger partial charge in [-0.3, -0.25) is 0 Å². The molecule has 3 nitrogen and oxygen atoms in total. The summed E-state index contributed by atoms with van der Waals surface area (Å²) in [6.45, 7) is 1.10. The summed E-state index contributed by atoms with van der Waals surface area (Å²) >= 11 is 0. The molecule has 1 aromatic rings. The average molecular weight is 234 g/mol. The maximum atomic E-state index is 5.67.